The fourth-order valence-corrected chi connectivity index (χ4v) is 1.90. The van der Waals surface area contributed by atoms with E-state index in [1.165, 1.54) is 0 Å². The van der Waals surface area contributed by atoms with Gasteiger partial charge in [0, 0.05) is 13.2 Å². The molecular weight excluding hydrogens is 424 g/mol. The van der Waals surface area contributed by atoms with Crippen LogP contribution in [0.2, 0.25) is 0 Å². The Bertz CT molecular complexity index is 544. The number of hydrogen-bond acceptors (Lipinski definition) is 8. The Morgan fingerprint density at radius 1 is 0.812 bits per heavy atom. The molecule has 0 aliphatic rings. The first-order valence-electron chi connectivity index (χ1n) is 10.4. The van der Waals surface area contributed by atoms with Crippen molar-refractivity contribution in [1.82, 2.24) is 0 Å². The zero-order valence-corrected chi connectivity index (χ0v) is 19.0. The number of rotatable bonds is 14. The van der Waals surface area contributed by atoms with E-state index in [9.17, 15) is 14.4 Å². The van der Waals surface area contributed by atoms with E-state index >= 15 is 0 Å². The molecule has 0 radical (unpaired) electrons. The fraction of sp³-hybridized carbons (Fsp3) is 0.789. The number of hydrogen-bond donors (Lipinski definition) is 9. The van der Waals surface area contributed by atoms with E-state index < -0.39 is 36.0 Å². The Kier molecular flexibility index (Phi) is 23.2. The standard InChI is InChI=1S/C7H16N4O2.C6H13NO3.C6H13NO2/c8-5(6(12)13)3-1-2-4-11-7(9)10;7-5(6(9)10)3-1-2-4-8;1-3-4(2)5(7)6(8)9/h5H,1-4,8H2,(H,12,13)(H4,9,10,11);5,8H,1-4,7H2,(H,9,10);4-5H,3,7H2,1-2H3,(H,8,9)/t5-;;4-,5-/m0.0/s1. The number of carboxylic acids is 3. The Morgan fingerprint density at radius 2 is 1.25 bits per heavy atom. The topological polar surface area (TPSA) is 275 Å². The van der Waals surface area contributed by atoms with Gasteiger partial charge >= 0.3 is 17.9 Å². The van der Waals surface area contributed by atoms with Crippen LogP contribution in [0.1, 0.15) is 58.8 Å². The van der Waals surface area contributed by atoms with E-state index in [0.717, 1.165) is 12.8 Å². The molecule has 32 heavy (non-hydrogen) atoms. The summed E-state index contributed by atoms with van der Waals surface area (Å²) in [4.78, 5) is 34.3. The average molecular weight is 467 g/mol. The molecule has 190 valence electrons. The molecule has 0 aromatic heterocycles. The average Bonchev–Trinajstić information content (AvgIpc) is 2.72. The van der Waals surface area contributed by atoms with Crippen LogP contribution in [0.5, 0.6) is 0 Å². The third-order valence-corrected chi connectivity index (χ3v) is 4.32. The molecule has 4 atom stereocenters. The van der Waals surface area contributed by atoms with Crippen molar-refractivity contribution in [2.75, 3.05) is 13.2 Å². The van der Waals surface area contributed by atoms with Crippen LogP contribution in [-0.2, 0) is 14.4 Å². The highest BCUT2D eigenvalue weighted by Gasteiger charge is 2.17. The van der Waals surface area contributed by atoms with Gasteiger partial charge in [-0.1, -0.05) is 20.3 Å². The molecule has 0 saturated carbocycles. The van der Waals surface area contributed by atoms with Gasteiger partial charge in [0.2, 0.25) is 0 Å². The van der Waals surface area contributed by atoms with Crippen molar-refractivity contribution >= 4 is 23.9 Å². The number of unbranched alkanes of at least 4 members (excludes halogenated alkanes) is 2. The Hall–Kier alpha value is -2.48. The van der Waals surface area contributed by atoms with E-state index in [0.29, 0.717) is 38.6 Å². The zero-order chi connectivity index (χ0) is 25.7. The quantitative estimate of drug-likeness (QED) is 0.0833. The lowest BCUT2D eigenvalue weighted by Gasteiger charge is -2.11. The van der Waals surface area contributed by atoms with Crippen LogP contribution in [0.3, 0.4) is 0 Å². The molecule has 13 nitrogen and oxygen atoms in total. The Morgan fingerprint density at radius 3 is 1.53 bits per heavy atom. The largest absolute Gasteiger partial charge is 0.480 e. The minimum absolute atomic E-state index is 0.0579. The highest BCUT2D eigenvalue weighted by Crippen LogP contribution is 2.04. The normalized spacial score (nSPS) is 13.7. The minimum Gasteiger partial charge on any atom is -0.480 e. The summed E-state index contributed by atoms with van der Waals surface area (Å²) in [5.41, 5.74) is 25.9. The van der Waals surface area contributed by atoms with Crippen LogP contribution < -0.4 is 28.7 Å². The molecule has 0 fully saturated rings. The fourth-order valence-electron chi connectivity index (χ4n) is 1.90. The molecule has 0 amide bonds. The highest BCUT2D eigenvalue weighted by atomic mass is 16.4. The molecule has 0 aliphatic carbocycles. The van der Waals surface area contributed by atoms with E-state index in [-0.39, 0.29) is 18.5 Å². The SMILES string of the molecule is CC[C@H](C)[C@H](N)C(=O)O.NC(CCCCO)C(=O)O.NC(N)=NCCCC[C@H](N)C(=O)O. The molecule has 1 unspecified atom stereocenters. The third-order valence-electron chi connectivity index (χ3n) is 4.32. The number of nitrogens with two attached hydrogens (primary N) is 5. The molecule has 0 spiro atoms. The van der Waals surface area contributed by atoms with E-state index in [4.69, 9.17) is 49.1 Å². The number of guanidine groups is 1. The van der Waals surface area contributed by atoms with Crippen molar-refractivity contribution in [3.8, 4) is 0 Å². The second-order valence-electron chi connectivity index (χ2n) is 7.16. The first-order valence-corrected chi connectivity index (χ1v) is 10.4. The van der Waals surface area contributed by atoms with Gasteiger partial charge in [0.15, 0.2) is 5.96 Å². The molecule has 0 aliphatic heterocycles. The molecule has 0 bridgehead atoms. The summed E-state index contributed by atoms with van der Waals surface area (Å²) in [6.45, 7) is 4.38. The lowest BCUT2D eigenvalue weighted by molar-refractivity contribution is -0.140. The zero-order valence-electron chi connectivity index (χ0n) is 19.0. The maximum absolute atomic E-state index is 10.3. The van der Waals surface area contributed by atoms with E-state index in [1.807, 2.05) is 13.8 Å². The second-order valence-corrected chi connectivity index (χ2v) is 7.16. The first kappa shape index (κ1) is 34.1. The first-order chi connectivity index (χ1) is 14.8. The molecule has 0 aromatic carbocycles. The molecule has 13 heteroatoms. The van der Waals surface area contributed by atoms with Gasteiger partial charge in [-0.3, -0.25) is 19.4 Å². The predicted molar refractivity (Wildman–Crippen MR) is 122 cm³/mol. The van der Waals surface area contributed by atoms with Gasteiger partial charge < -0.3 is 49.1 Å². The number of carboxylic acid groups (broad SMARTS) is 3. The summed E-state index contributed by atoms with van der Waals surface area (Å²) in [6.07, 6.45) is 4.47. The smallest absolute Gasteiger partial charge is 0.320 e. The van der Waals surface area contributed by atoms with Crippen molar-refractivity contribution in [2.45, 2.75) is 76.9 Å². The Balaban J connectivity index is -0.000000403. The van der Waals surface area contributed by atoms with E-state index in [1.54, 1.807) is 0 Å². The van der Waals surface area contributed by atoms with Crippen LogP contribution in [0.25, 0.3) is 0 Å². The highest BCUT2D eigenvalue weighted by molar-refractivity contribution is 5.75. The lowest BCUT2D eigenvalue weighted by atomic mass is 10.0. The van der Waals surface area contributed by atoms with Gasteiger partial charge in [0.1, 0.15) is 18.1 Å². The summed E-state index contributed by atoms with van der Waals surface area (Å²) >= 11 is 0. The van der Waals surface area contributed by atoms with Gasteiger partial charge in [-0.25, -0.2) is 0 Å². The van der Waals surface area contributed by atoms with Gasteiger partial charge in [-0.05, 0) is 44.4 Å². The lowest BCUT2D eigenvalue weighted by Crippen LogP contribution is -2.36. The van der Waals surface area contributed by atoms with Crippen LogP contribution in [-0.4, -0.2) is 75.6 Å². The van der Waals surface area contributed by atoms with Crippen molar-refractivity contribution in [1.29, 1.82) is 0 Å². The third kappa shape index (κ3) is 23.8. The summed E-state index contributed by atoms with van der Waals surface area (Å²) in [6, 6.07) is -2.25. The number of aliphatic hydroxyl groups excluding tert-OH is 1. The summed E-state index contributed by atoms with van der Waals surface area (Å²) < 4.78 is 0. The predicted octanol–water partition coefficient (Wildman–Crippen LogP) is -1.15. The molecule has 0 heterocycles. The van der Waals surface area contributed by atoms with Gasteiger partial charge in [0.25, 0.3) is 0 Å². The maximum atomic E-state index is 10.3. The second kappa shape index (κ2) is 21.7. The van der Waals surface area contributed by atoms with Crippen LogP contribution in [0.15, 0.2) is 4.99 Å². The van der Waals surface area contributed by atoms with Crippen molar-refractivity contribution in [3.63, 3.8) is 0 Å². The Labute approximate surface area is 189 Å². The molecule has 0 rings (SSSR count). The van der Waals surface area contributed by atoms with Crippen LogP contribution in [0.4, 0.5) is 0 Å². The molecular formula is C19H42N6O7. The molecule has 0 aromatic rings. The van der Waals surface area contributed by atoms with E-state index in [2.05, 4.69) is 4.99 Å². The van der Waals surface area contributed by atoms with Crippen molar-refractivity contribution < 1.29 is 34.8 Å². The number of aliphatic hydroxyl groups is 1. The number of aliphatic carboxylic acids is 3. The number of aliphatic imine (C=N–C) groups is 1. The summed E-state index contributed by atoms with van der Waals surface area (Å²) in [5.74, 6) is -2.73. The van der Waals surface area contributed by atoms with Crippen LogP contribution in [0, 0.1) is 5.92 Å². The van der Waals surface area contributed by atoms with Crippen molar-refractivity contribution in [2.24, 2.45) is 39.6 Å². The van der Waals surface area contributed by atoms with Crippen LogP contribution >= 0.6 is 0 Å². The monoisotopic (exact) mass is 466 g/mol. The summed E-state index contributed by atoms with van der Waals surface area (Å²) in [7, 11) is 0. The summed E-state index contributed by atoms with van der Waals surface area (Å²) in [5, 5.41) is 33.4. The van der Waals surface area contributed by atoms with Crippen molar-refractivity contribution in [3.05, 3.63) is 0 Å². The molecule has 14 N–H and O–H groups in total. The number of nitrogens with zero attached hydrogens (tertiary/aromatic N) is 1. The van der Waals surface area contributed by atoms with Gasteiger partial charge in [0.05, 0.1) is 0 Å². The minimum atomic E-state index is -0.974. The molecule has 0 saturated heterocycles. The van der Waals surface area contributed by atoms with Gasteiger partial charge in [-0.15, -0.1) is 0 Å². The van der Waals surface area contributed by atoms with Gasteiger partial charge in [-0.2, -0.15) is 0 Å². The number of carbonyl (C=O) groups is 3. The maximum Gasteiger partial charge on any atom is 0.320 e.